The van der Waals surface area contributed by atoms with Gasteiger partial charge in [0.25, 0.3) is 5.91 Å². The third kappa shape index (κ3) is 2.94. The maximum Gasteiger partial charge on any atom is 0.295 e. The lowest BCUT2D eigenvalue weighted by atomic mass is 9.60. The van der Waals surface area contributed by atoms with E-state index in [1.54, 1.807) is 0 Å². The van der Waals surface area contributed by atoms with E-state index in [2.05, 4.69) is 10.3 Å². The molecule has 105 valence electrons. The molecule has 1 N–H and O–H groups in total. The third-order valence-corrected chi connectivity index (χ3v) is 4.03. The molecule has 1 saturated carbocycles. The van der Waals surface area contributed by atoms with Gasteiger partial charge in [-0.2, -0.15) is 0 Å². The molecule has 1 radical (unpaired) electrons. The van der Waals surface area contributed by atoms with Crippen molar-refractivity contribution < 1.29 is 14.0 Å². The highest BCUT2D eigenvalue weighted by molar-refractivity contribution is 6.52. The number of amides is 2. The number of nitrogens with zero attached hydrogens (tertiary/aromatic N) is 1. The van der Waals surface area contributed by atoms with Gasteiger partial charge in [0.15, 0.2) is 0 Å². The quantitative estimate of drug-likeness (QED) is 0.652. The second kappa shape index (κ2) is 5.81. The zero-order valence-electron chi connectivity index (χ0n) is 11.5. The van der Waals surface area contributed by atoms with Crippen LogP contribution in [0.4, 0.5) is 0 Å². The fourth-order valence-electron chi connectivity index (χ4n) is 2.97. The van der Waals surface area contributed by atoms with Crippen molar-refractivity contribution in [1.82, 2.24) is 10.3 Å². The van der Waals surface area contributed by atoms with E-state index < -0.39 is 5.91 Å². The predicted molar refractivity (Wildman–Crippen MR) is 74.1 cm³/mol. The molecule has 3 rings (SSSR count). The Labute approximate surface area is 118 Å². The van der Waals surface area contributed by atoms with Gasteiger partial charge in [0.05, 0.1) is 6.42 Å². The van der Waals surface area contributed by atoms with Crippen LogP contribution < -0.4 is 11.1 Å². The number of imide groups is 1. The molecule has 0 aromatic carbocycles. The van der Waals surface area contributed by atoms with Gasteiger partial charge < -0.3 is 4.42 Å². The molecule has 2 amide bonds. The van der Waals surface area contributed by atoms with E-state index in [0.29, 0.717) is 17.3 Å². The Balaban J connectivity index is 1.70. The van der Waals surface area contributed by atoms with Crippen LogP contribution in [0.25, 0.3) is 0 Å². The molecule has 20 heavy (non-hydrogen) atoms. The largest absolute Gasteiger partial charge is 0.446 e. The standard InChI is InChI=1S/C14H18BN2O3/c18-11-8-10-12(13(19)17-11)20-14(16-10)15-9-6-4-2-1-3-5-7-9/h9H,1-8H2,(H,17,18,19). The first-order valence-electron chi connectivity index (χ1n) is 7.41. The molecule has 0 bridgehead atoms. The van der Waals surface area contributed by atoms with Gasteiger partial charge >= 0.3 is 0 Å². The Kier molecular flexibility index (Phi) is 3.89. The minimum absolute atomic E-state index is 0.128. The van der Waals surface area contributed by atoms with Crippen LogP contribution in [0, 0.1) is 0 Å². The lowest BCUT2D eigenvalue weighted by molar-refractivity contribution is -0.119. The predicted octanol–water partition coefficient (Wildman–Crippen LogP) is 1.35. The Morgan fingerprint density at radius 2 is 1.80 bits per heavy atom. The summed E-state index contributed by atoms with van der Waals surface area (Å²) in [6.07, 6.45) is 8.83. The maximum atomic E-state index is 11.6. The average Bonchev–Trinajstić information content (AvgIpc) is 2.75. The molecule has 6 heteroatoms. The number of oxazole rings is 1. The molecule has 0 spiro atoms. The van der Waals surface area contributed by atoms with E-state index in [4.69, 9.17) is 4.42 Å². The van der Waals surface area contributed by atoms with Crippen LogP contribution in [0.3, 0.4) is 0 Å². The van der Waals surface area contributed by atoms with Crippen molar-refractivity contribution in [3.8, 4) is 0 Å². The van der Waals surface area contributed by atoms with Gasteiger partial charge in [0.2, 0.25) is 18.9 Å². The molecular formula is C14H18BN2O3. The van der Waals surface area contributed by atoms with Crippen molar-refractivity contribution in [3.05, 3.63) is 11.5 Å². The Morgan fingerprint density at radius 1 is 1.10 bits per heavy atom. The van der Waals surface area contributed by atoms with Crippen molar-refractivity contribution in [2.45, 2.75) is 57.2 Å². The Morgan fingerprint density at radius 3 is 2.55 bits per heavy atom. The number of carbonyl (C=O) groups excluding carboxylic acids is 2. The van der Waals surface area contributed by atoms with Gasteiger partial charge in [-0.3, -0.25) is 14.9 Å². The second-order valence-electron chi connectivity index (χ2n) is 5.65. The van der Waals surface area contributed by atoms with Gasteiger partial charge in [-0.05, 0) is 0 Å². The molecule has 1 fully saturated rings. The molecule has 0 unspecified atom stereocenters. The van der Waals surface area contributed by atoms with E-state index in [9.17, 15) is 9.59 Å². The zero-order chi connectivity index (χ0) is 13.9. The van der Waals surface area contributed by atoms with Crippen LogP contribution in [0.5, 0.6) is 0 Å². The van der Waals surface area contributed by atoms with Crippen molar-refractivity contribution in [2.24, 2.45) is 0 Å². The molecule has 0 atom stereocenters. The number of carbonyl (C=O) groups is 2. The first kappa shape index (κ1) is 13.4. The molecule has 2 aliphatic rings. The molecule has 1 aliphatic heterocycles. The highest BCUT2D eigenvalue weighted by Crippen LogP contribution is 2.26. The maximum absolute atomic E-state index is 11.6. The molecule has 0 saturated heterocycles. The zero-order valence-corrected chi connectivity index (χ0v) is 11.5. The van der Waals surface area contributed by atoms with Crippen molar-refractivity contribution in [1.29, 1.82) is 0 Å². The first-order chi connectivity index (χ1) is 9.72. The Bertz CT molecular complexity index is 518. The smallest absolute Gasteiger partial charge is 0.295 e. The van der Waals surface area contributed by atoms with Crippen LogP contribution >= 0.6 is 0 Å². The van der Waals surface area contributed by atoms with Gasteiger partial charge in [0.1, 0.15) is 11.5 Å². The SMILES string of the molecule is O=C1Cc2nc([B]C3CCCCCCC3)oc2C(=O)N1. The molecule has 1 aromatic heterocycles. The van der Waals surface area contributed by atoms with E-state index in [1.807, 2.05) is 7.28 Å². The number of rotatable bonds is 2. The van der Waals surface area contributed by atoms with Gasteiger partial charge in [-0.25, -0.2) is 4.98 Å². The first-order valence-corrected chi connectivity index (χ1v) is 7.41. The number of fused-ring (bicyclic) bond motifs is 1. The summed E-state index contributed by atoms with van der Waals surface area (Å²) in [5.74, 6) is 0.371. The summed E-state index contributed by atoms with van der Waals surface area (Å²) in [5.41, 5.74) is 0.468. The highest BCUT2D eigenvalue weighted by atomic mass is 16.4. The topological polar surface area (TPSA) is 72.2 Å². The van der Waals surface area contributed by atoms with Gasteiger partial charge in [0, 0.05) is 0 Å². The number of aromatic nitrogens is 1. The Hall–Kier alpha value is -1.59. The van der Waals surface area contributed by atoms with Crippen LogP contribution in [-0.4, -0.2) is 24.1 Å². The molecular weight excluding hydrogens is 255 g/mol. The highest BCUT2D eigenvalue weighted by Gasteiger charge is 2.29. The second-order valence-corrected chi connectivity index (χ2v) is 5.65. The van der Waals surface area contributed by atoms with Crippen molar-refractivity contribution in [3.63, 3.8) is 0 Å². The molecule has 5 nitrogen and oxygen atoms in total. The molecule has 2 heterocycles. The van der Waals surface area contributed by atoms with Crippen LogP contribution in [0.15, 0.2) is 4.42 Å². The number of nitrogens with one attached hydrogen (secondary N) is 1. The van der Waals surface area contributed by atoms with Crippen LogP contribution in [0.1, 0.15) is 61.2 Å². The van der Waals surface area contributed by atoms with E-state index in [0.717, 1.165) is 12.8 Å². The average molecular weight is 273 g/mol. The van der Waals surface area contributed by atoms with Gasteiger partial charge in [-0.1, -0.05) is 50.8 Å². The summed E-state index contributed by atoms with van der Waals surface area (Å²) in [5, 5.41) is 2.25. The fourth-order valence-corrected chi connectivity index (χ4v) is 2.97. The molecule has 1 aliphatic carbocycles. The van der Waals surface area contributed by atoms with E-state index >= 15 is 0 Å². The minimum atomic E-state index is -0.471. The van der Waals surface area contributed by atoms with E-state index in [-0.39, 0.29) is 18.1 Å². The van der Waals surface area contributed by atoms with E-state index in [1.165, 1.54) is 32.1 Å². The number of hydrogen-bond acceptors (Lipinski definition) is 4. The third-order valence-electron chi connectivity index (χ3n) is 4.03. The summed E-state index contributed by atoms with van der Waals surface area (Å²) in [6.45, 7) is 0. The van der Waals surface area contributed by atoms with Crippen molar-refractivity contribution >= 4 is 24.9 Å². The summed E-state index contributed by atoms with van der Waals surface area (Å²) in [6, 6.07) is 0. The normalized spacial score (nSPS) is 20.8. The lowest BCUT2D eigenvalue weighted by Gasteiger charge is -2.17. The monoisotopic (exact) mass is 273 g/mol. The lowest BCUT2D eigenvalue weighted by Crippen LogP contribution is -2.36. The summed E-state index contributed by atoms with van der Waals surface area (Å²) in [4.78, 5) is 27.2. The van der Waals surface area contributed by atoms with Crippen LogP contribution in [-0.2, 0) is 11.2 Å². The van der Waals surface area contributed by atoms with Crippen LogP contribution in [0.2, 0.25) is 5.82 Å². The van der Waals surface area contributed by atoms with Crippen molar-refractivity contribution in [2.75, 3.05) is 0 Å². The fraction of sp³-hybridized carbons (Fsp3) is 0.643. The number of hydrogen-bond donors (Lipinski definition) is 1. The molecule has 1 aromatic rings. The van der Waals surface area contributed by atoms with Gasteiger partial charge in [-0.15, -0.1) is 0 Å². The summed E-state index contributed by atoms with van der Waals surface area (Å²) >= 11 is 0. The summed E-state index contributed by atoms with van der Waals surface area (Å²) in [7, 11) is 2.03. The minimum Gasteiger partial charge on any atom is -0.446 e. The summed E-state index contributed by atoms with van der Waals surface area (Å²) < 4.78 is 5.51.